The van der Waals surface area contributed by atoms with Crippen LogP contribution in [0.25, 0.3) is 0 Å². The topological polar surface area (TPSA) is 66.5 Å². The van der Waals surface area contributed by atoms with E-state index in [0.717, 1.165) is 24.0 Å². The van der Waals surface area contributed by atoms with Crippen molar-refractivity contribution in [3.8, 4) is 0 Å². The Morgan fingerprint density at radius 1 is 1.12 bits per heavy atom. The molecule has 0 unspecified atom stereocenters. The van der Waals surface area contributed by atoms with Gasteiger partial charge in [-0.1, -0.05) is 18.9 Å². The SMILES string of the molecule is Cc1ccc(S(=O)(=O)N2CCC(C(=O)NC3(C)CCCC3)CC2)cc1C. The standard InChI is InChI=1S/C20H30N2O3S/c1-15-6-7-18(14-16(15)2)26(24,25)22-12-8-17(9-13-22)19(23)21-20(3)10-4-5-11-20/h6-7,14,17H,4-5,8-13H2,1-3H3,(H,21,23). The Bertz CT molecular complexity index is 774. The summed E-state index contributed by atoms with van der Waals surface area (Å²) < 4.78 is 27.3. The number of aryl methyl sites for hydroxylation is 2. The molecule has 6 heteroatoms. The van der Waals surface area contributed by atoms with E-state index in [0.29, 0.717) is 30.8 Å². The van der Waals surface area contributed by atoms with Crippen LogP contribution in [0.1, 0.15) is 56.6 Å². The van der Waals surface area contributed by atoms with Crippen molar-refractivity contribution in [2.45, 2.75) is 69.7 Å². The molecule has 1 N–H and O–H groups in total. The van der Waals surface area contributed by atoms with E-state index in [-0.39, 0.29) is 17.4 Å². The number of piperidine rings is 1. The summed E-state index contributed by atoms with van der Waals surface area (Å²) in [6.07, 6.45) is 5.60. The summed E-state index contributed by atoms with van der Waals surface area (Å²) in [5, 5.41) is 3.22. The van der Waals surface area contributed by atoms with Crippen LogP contribution in [0, 0.1) is 19.8 Å². The van der Waals surface area contributed by atoms with Gasteiger partial charge in [0, 0.05) is 24.5 Å². The third kappa shape index (κ3) is 3.96. The summed E-state index contributed by atoms with van der Waals surface area (Å²) in [6.45, 7) is 6.83. The van der Waals surface area contributed by atoms with Crippen LogP contribution >= 0.6 is 0 Å². The van der Waals surface area contributed by atoms with Crippen LogP contribution in [0.4, 0.5) is 0 Å². The van der Waals surface area contributed by atoms with Crippen LogP contribution < -0.4 is 5.32 Å². The maximum absolute atomic E-state index is 12.9. The van der Waals surface area contributed by atoms with Gasteiger partial charge in [-0.3, -0.25) is 4.79 Å². The Hall–Kier alpha value is -1.40. The van der Waals surface area contributed by atoms with Crippen molar-refractivity contribution < 1.29 is 13.2 Å². The fraction of sp³-hybridized carbons (Fsp3) is 0.650. The lowest BCUT2D eigenvalue weighted by Gasteiger charge is -2.33. The quantitative estimate of drug-likeness (QED) is 0.875. The minimum absolute atomic E-state index is 0.0697. The molecule has 1 aromatic rings. The molecule has 0 bridgehead atoms. The number of sulfonamides is 1. The highest BCUT2D eigenvalue weighted by Gasteiger charge is 2.36. The number of hydrogen-bond acceptors (Lipinski definition) is 3. The molecule has 1 amide bonds. The number of nitrogens with zero attached hydrogens (tertiary/aromatic N) is 1. The van der Waals surface area contributed by atoms with Gasteiger partial charge >= 0.3 is 0 Å². The molecule has 3 rings (SSSR count). The minimum Gasteiger partial charge on any atom is -0.351 e. The van der Waals surface area contributed by atoms with Gasteiger partial charge in [-0.2, -0.15) is 4.31 Å². The Morgan fingerprint density at radius 3 is 2.31 bits per heavy atom. The van der Waals surface area contributed by atoms with E-state index in [9.17, 15) is 13.2 Å². The first kappa shape index (κ1) is 19.4. The predicted molar refractivity (Wildman–Crippen MR) is 102 cm³/mol. The molecule has 5 nitrogen and oxygen atoms in total. The molecule has 0 spiro atoms. The van der Waals surface area contributed by atoms with Gasteiger partial charge in [0.15, 0.2) is 0 Å². The van der Waals surface area contributed by atoms with Gasteiger partial charge in [-0.25, -0.2) is 8.42 Å². The van der Waals surface area contributed by atoms with Crippen LogP contribution in [0.2, 0.25) is 0 Å². The van der Waals surface area contributed by atoms with E-state index < -0.39 is 10.0 Å². The molecule has 2 fully saturated rings. The molecule has 0 radical (unpaired) electrons. The van der Waals surface area contributed by atoms with Gasteiger partial charge in [-0.05, 0) is 69.7 Å². The van der Waals surface area contributed by atoms with Gasteiger partial charge in [0.25, 0.3) is 0 Å². The van der Waals surface area contributed by atoms with Crippen LogP contribution in [0.15, 0.2) is 23.1 Å². The minimum atomic E-state index is -3.48. The molecule has 2 aliphatic rings. The van der Waals surface area contributed by atoms with Crippen LogP contribution in [0.3, 0.4) is 0 Å². The summed E-state index contributed by atoms with van der Waals surface area (Å²) >= 11 is 0. The van der Waals surface area contributed by atoms with E-state index in [1.165, 1.54) is 17.1 Å². The highest BCUT2D eigenvalue weighted by molar-refractivity contribution is 7.89. The third-order valence-electron chi connectivity index (χ3n) is 6.07. The first-order chi connectivity index (χ1) is 12.2. The van der Waals surface area contributed by atoms with E-state index in [1.807, 2.05) is 19.9 Å². The Kier molecular flexibility index (Phi) is 5.45. The number of rotatable bonds is 4. The lowest BCUT2D eigenvalue weighted by Crippen LogP contribution is -2.49. The van der Waals surface area contributed by atoms with Crippen LogP contribution in [-0.2, 0) is 14.8 Å². The average Bonchev–Trinajstić information content (AvgIpc) is 3.03. The van der Waals surface area contributed by atoms with E-state index in [1.54, 1.807) is 12.1 Å². The van der Waals surface area contributed by atoms with Crippen LogP contribution in [-0.4, -0.2) is 37.3 Å². The lowest BCUT2D eigenvalue weighted by molar-refractivity contribution is -0.127. The predicted octanol–water partition coefficient (Wildman–Crippen LogP) is 3.15. The zero-order valence-corrected chi connectivity index (χ0v) is 16.9. The maximum atomic E-state index is 12.9. The zero-order chi connectivity index (χ0) is 18.9. The molecule has 1 aliphatic heterocycles. The third-order valence-corrected chi connectivity index (χ3v) is 7.97. The fourth-order valence-corrected chi connectivity index (χ4v) is 5.62. The number of hydrogen-bond donors (Lipinski definition) is 1. The van der Waals surface area contributed by atoms with Gasteiger partial charge in [-0.15, -0.1) is 0 Å². The van der Waals surface area contributed by atoms with Crippen molar-refractivity contribution >= 4 is 15.9 Å². The van der Waals surface area contributed by atoms with Gasteiger partial charge < -0.3 is 5.32 Å². The van der Waals surface area contributed by atoms with Gasteiger partial charge in [0.2, 0.25) is 15.9 Å². The first-order valence-electron chi connectivity index (χ1n) is 9.61. The summed E-state index contributed by atoms with van der Waals surface area (Å²) in [5.41, 5.74) is 1.99. The summed E-state index contributed by atoms with van der Waals surface area (Å²) in [5.74, 6) is 0.0104. The monoisotopic (exact) mass is 378 g/mol. The summed E-state index contributed by atoms with van der Waals surface area (Å²) in [7, 11) is -3.48. The molecule has 1 aliphatic carbocycles. The van der Waals surface area contributed by atoms with Crippen molar-refractivity contribution in [3.63, 3.8) is 0 Å². The first-order valence-corrected chi connectivity index (χ1v) is 11.0. The molecule has 1 saturated heterocycles. The fourth-order valence-electron chi connectivity index (χ4n) is 4.06. The number of carbonyl (C=O) groups is 1. The van der Waals surface area contributed by atoms with Crippen molar-refractivity contribution in [3.05, 3.63) is 29.3 Å². The van der Waals surface area contributed by atoms with E-state index >= 15 is 0 Å². The number of nitrogens with one attached hydrogen (secondary N) is 1. The molecule has 1 saturated carbocycles. The molecular formula is C20H30N2O3S. The molecule has 0 atom stereocenters. The average molecular weight is 379 g/mol. The molecular weight excluding hydrogens is 348 g/mol. The molecule has 26 heavy (non-hydrogen) atoms. The number of amides is 1. The highest BCUT2D eigenvalue weighted by atomic mass is 32.2. The maximum Gasteiger partial charge on any atom is 0.243 e. The molecule has 144 valence electrons. The van der Waals surface area contributed by atoms with Crippen LogP contribution in [0.5, 0.6) is 0 Å². The number of carbonyl (C=O) groups excluding carboxylic acids is 1. The largest absolute Gasteiger partial charge is 0.351 e. The van der Waals surface area contributed by atoms with Gasteiger partial charge in [0.1, 0.15) is 0 Å². The Balaban J connectivity index is 1.62. The second-order valence-electron chi connectivity index (χ2n) is 8.18. The van der Waals surface area contributed by atoms with E-state index in [2.05, 4.69) is 12.2 Å². The Morgan fingerprint density at radius 2 is 1.73 bits per heavy atom. The van der Waals surface area contributed by atoms with Crippen molar-refractivity contribution in [1.82, 2.24) is 9.62 Å². The second-order valence-corrected chi connectivity index (χ2v) is 10.1. The lowest BCUT2D eigenvalue weighted by atomic mass is 9.94. The number of benzene rings is 1. The highest BCUT2D eigenvalue weighted by Crippen LogP contribution is 2.30. The van der Waals surface area contributed by atoms with Crippen molar-refractivity contribution in [1.29, 1.82) is 0 Å². The normalized spacial score (nSPS) is 21.7. The molecule has 1 aromatic carbocycles. The molecule has 0 aromatic heterocycles. The summed E-state index contributed by atoms with van der Waals surface area (Å²) in [4.78, 5) is 12.9. The second kappa shape index (κ2) is 7.31. The zero-order valence-electron chi connectivity index (χ0n) is 16.0. The molecule has 1 heterocycles. The van der Waals surface area contributed by atoms with Crippen molar-refractivity contribution in [2.24, 2.45) is 5.92 Å². The summed E-state index contributed by atoms with van der Waals surface area (Å²) in [6, 6.07) is 5.27. The van der Waals surface area contributed by atoms with Gasteiger partial charge in [0.05, 0.1) is 4.90 Å². The Labute approximate surface area is 157 Å². The van der Waals surface area contributed by atoms with Crippen molar-refractivity contribution in [2.75, 3.05) is 13.1 Å². The van der Waals surface area contributed by atoms with E-state index in [4.69, 9.17) is 0 Å². The smallest absolute Gasteiger partial charge is 0.243 e.